The van der Waals surface area contributed by atoms with Crippen LogP contribution in [0.1, 0.15) is 35.3 Å². The van der Waals surface area contributed by atoms with Gasteiger partial charge in [-0.3, -0.25) is 9.69 Å². The molecule has 26 heavy (non-hydrogen) atoms. The lowest BCUT2D eigenvalue weighted by atomic mass is 10.1. The summed E-state index contributed by atoms with van der Waals surface area (Å²) in [4.78, 5) is 19.3. The summed E-state index contributed by atoms with van der Waals surface area (Å²) in [5.41, 5.74) is 2.97. The molecule has 3 aromatic rings. The predicted octanol–water partition coefficient (Wildman–Crippen LogP) is 3.73. The van der Waals surface area contributed by atoms with E-state index in [1.807, 2.05) is 12.1 Å². The molecule has 0 saturated carbocycles. The van der Waals surface area contributed by atoms with E-state index in [0.717, 1.165) is 12.2 Å². The van der Waals surface area contributed by atoms with Crippen LogP contribution < -0.4 is 5.32 Å². The van der Waals surface area contributed by atoms with Crippen LogP contribution in [0.4, 0.5) is 5.69 Å². The van der Waals surface area contributed by atoms with Crippen LogP contribution in [0, 0.1) is 0 Å². The fourth-order valence-electron chi connectivity index (χ4n) is 3.26. The molecular weight excluding hydrogens is 394 g/mol. The Morgan fingerprint density at radius 3 is 2.65 bits per heavy atom. The second kappa shape index (κ2) is 7.55. The van der Waals surface area contributed by atoms with Crippen LogP contribution in [-0.2, 0) is 6.54 Å². The minimum atomic E-state index is -0.258. The number of aromatic nitrogens is 3. The van der Waals surface area contributed by atoms with Crippen LogP contribution in [0.15, 0.2) is 47.2 Å². The van der Waals surface area contributed by atoms with Crippen molar-refractivity contribution in [3.8, 4) is 0 Å². The molecule has 3 heterocycles. The Morgan fingerprint density at radius 1 is 1.15 bits per heavy atom. The van der Waals surface area contributed by atoms with Gasteiger partial charge in [-0.05, 0) is 65.6 Å². The van der Waals surface area contributed by atoms with Gasteiger partial charge < -0.3 is 5.32 Å². The van der Waals surface area contributed by atoms with E-state index in [0.29, 0.717) is 15.8 Å². The van der Waals surface area contributed by atoms with E-state index < -0.39 is 0 Å². The molecule has 6 nitrogen and oxygen atoms in total. The second-order valence-electron chi connectivity index (χ2n) is 6.54. The first-order valence-electron chi connectivity index (χ1n) is 8.82. The maximum atomic E-state index is 12.6. The quantitative estimate of drug-likeness (QED) is 0.707. The van der Waals surface area contributed by atoms with Crippen LogP contribution in [0.5, 0.6) is 0 Å². The number of likely N-dealkylation sites (tertiary alicyclic amines) is 1. The van der Waals surface area contributed by atoms with Gasteiger partial charge in [-0.2, -0.15) is 5.10 Å². The SMILES string of the molecule is O=C(Nc1ccc(CN2CCCCC2)cc1)c1nn2cccnc2c1Br. The van der Waals surface area contributed by atoms with E-state index in [1.165, 1.54) is 37.9 Å². The number of hydrogen-bond donors (Lipinski definition) is 1. The highest BCUT2D eigenvalue weighted by Crippen LogP contribution is 2.22. The minimum absolute atomic E-state index is 0.258. The Bertz CT molecular complexity index is 915. The highest BCUT2D eigenvalue weighted by atomic mass is 79.9. The zero-order valence-electron chi connectivity index (χ0n) is 14.4. The van der Waals surface area contributed by atoms with Crippen molar-refractivity contribution in [3.63, 3.8) is 0 Å². The Morgan fingerprint density at radius 2 is 1.92 bits per heavy atom. The number of rotatable bonds is 4. The van der Waals surface area contributed by atoms with Gasteiger partial charge >= 0.3 is 0 Å². The first kappa shape index (κ1) is 17.2. The van der Waals surface area contributed by atoms with Crippen molar-refractivity contribution in [2.24, 2.45) is 0 Å². The number of anilines is 1. The van der Waals surface area contributed by atoms with Gasteiger partial charge in [-0.25, -0.2) is 9.50 Å². The summed E-state index contributed by atoms with van der Waals surface area (Å²) in [6.45, 7) is 3.32. The third-order valence-corrected chi connectivity index (χ3v) is 5.35. The largest absolute Gasteiger partial charge is 0.321 e. The van der Waals surface area contributed by atoms with Gasteiger partial charge in [0.25, 0.3) is 5.91 Å². The van der Waals surface area contributed by atoms with Crippen molar-refractivity contribution in [3.05, 3.63) is 58.5 Å². The van der Waals surface area contributed by atoms with Crippen LogP contribution in [0.3, 0.4) is 0 Å². The fraction of sp³-hybridized carbons (Fsp3) is 0.316. The van der Waals surface area contributed by atoms with Gasteiger partial charge in [-0.1, -0.05) is 18.6 Å². The smallest absolute Gasteiger partial charge is 0.277 e. The van der Waals surface area contributed by atoms with Crippen molar-refractivity contribution in [2.75, 3.05) is 18.4 Å². The van der Waals surface area contributed by atoms with Gasteiger partial charge in [0, 0.05) is 24.6 Å². The van der Waals surface area contributed by atoms with Crippen molar-refractivity contribution in [1.82, 2.24) is 19.5 Å². The average molecular weight is 414 g/mol. The average Bonchev–Trinajstić information content (AvgIpc) is 3.01. The molecular formula is C19H20BrN5O. The van der Waals surface area contributed by atoms with E-state index in [1.54, 1.807) is 23.0 Å². The summed E-state index contributed by atoms with van der Waals surface area (Å²) in [5, 5.41) is 7.20. The van der Waals surface area contributed by atoms with E-state index in [4.69, 9.17) is 0 Å². The fourth-order valence-corrected chi connectivity index (χ4v) is 3.81. The molecule has 1 fully saturated rings. The topological polar surface area (TPSA) is 62.5 Å². The highest BCUT2D eigenvalue weighted by molar-refractivity contribution is 9.10. The summed E-state index contributed by atoms with van der Waals surface area (Å²) in [7, 11) is 0. The number of halogens is 1. The lowest BCUT2D eigenvalue weighted by Gasteiger charge is -2.26. The third kappa shape index (κ3) is 3.64. The van der Waals surface area contributed by atoms with Crippen LogP contribution in [-0.4, -0.2) is 38.5 Å². The van der Waals surface area contributed by atoms with Crippen molar-refractivity contribution in [2.45, 2.75) is 25.8 Å². The number of nitrogens with one attached hydrogen (secondary N) is 1. The highest BCUT2D eigenvalue weighted by Gasteiger charge is 2.18. The molecule has 0 spiro atoms. The molecule has 1 N–H and O–H groups in total. The molecule has 4 rings (SSSR count). The number of carbonyl (C=O) groups is 1. The minimum Gasteiger partial charge on any atom is -0.321 e. The molecule has 2 aromatic heterocycles. The van der Waals surface area contributed by atoms with Gasteiger partial charge in [0.05, 0.1) is 4.47 Å². The summed E-state index contributed by atoms with van der Waals surface area (Å²) < 4.78 is 2.18. The molecule has 7 heteroatoms. The molecule has 0 unspecified atom stereocenters. The van der Waals surface area contributed by atoms with Crippen molar-refractivity contribution in [1.29, 1.82) is 0 Å². The predicted molar refractivity (Wildman–Crippen MR) is 104 cm³/mol. The summed E-state index contributed by atoms with van der Waals surface area (Å²) in [6.07, 6.45) is 7.35. The number of nitrogens with zero attached hydrogens (tertiary/aromatic N) is 4. The van der Waals surface area contributed by atoms with Crippen molar-refractivity contribution >= 4 is 33.2 Å². The summed E-state index contributed by atoms with van der Waals surface area (Å²) in [5.74, 6) is -0.258. The molecule has 1 aromatic carbocycles. The lowest BCUT2D eigenvalue weighted by molar-refractivity contribution is 0.102. The Labute approximate surface area is 160 Å². The van der Waals surface area contributed by atoms with E-state index in [9.17, 15) is 4.79 Å². The number of piperidine rings is 1. The summed E-state index contributed by atoms with van der Waals surface area (Å²) in [6, 6.07) is 9.81. The zero-order valence-corrected chi connectivity index (χ0v) is 15.9. The standard InChI is InChI=1S/C19H20BrN5O/c20-16-17(23-25-12-4-9-21-18(16)25)19(26)22-15-7-5-14(6-8-15)13-24-10-2-1-3-11-24/h4-9,12H,1-3,10-11,13H2,(H,22,26). The van der Waals surface area contributed by atoms with E-state index in [-0.39, 0.29) is 5.91 Å². The van der Waals surface area contributed by atoms with Crippen LogP contribution in [0.2, 0.25) is 0 Å². The molecule has 0 aliphatic carbocycles. The number of hydrogen-bond acceptors (Lipinski definition) is 4. The molecule has 1 saturated heterocycles. The van der Waals surface area contributed by atoms with Gasteiger partial charge in [0.15, 0.2) is 11.3 Å². The second-order valence-corrected chi connectivity index (χ2v) is 7.33. The first-order chi connectivity index (χ1) is 12.7. The Balaban J connectivity index is 1.44. The molecule has 0 atom stereocenters. The van der Waals surface area contributed by atoms with Gasteiger partial charge in [-0.15, -0.1) is 0 Å². The Kier molecular flexibility index (Phi) is 4.99. The van der Waals surface area contributed by atoms with Gasteiger partial charge in [0.2, 0.25) is 0 Å². The Hall–Kier alpha value is -2.25. The van der Waals surface area contributed by atoms with Crippen molar-refractivity contribution < 1.29 is 4.79 Å². The first-order valence-corrected chi connectivity index (χ1v) is 9.61. The molecule has 0 radical (unpaired) electrons. The molecule has 1 amide bonds. The molecule has 1 aliphatic rings. The van der Waals surface area contributed by atoms with Gasteiger partial charge in [0.1, 0.15) is 0 Å². The number of carbonyl (C=O) groups excluding carboxylic acids is 1. The zero-order chi connectivity index (χ0) is 17.9. The third-order valence-electron chi connectivity index (χ3n) is 4.62. The number of amides is 1. The van der Waals surface area contributed by atoms with Crippen LogP contribution in [0.25, 0.3) is 5.65 Å². The molecule has 134 valence electrons. The lowest BCUT2D eigenvalue weighted by Crippen LogP contribution is -2.29. The normalized spacial score (nSPS) is 15.3. The number of fused-ring (bicyclic) bond motifs is 1. The maximum Gasteiger partial charge on any atom is 0.277 e. The van der Waals surface area contributed by atoms with E-state index >= 15 is 0 Å². The molecule has 0 bridgehead atoms. The van der Waals surface area contributed by atoms with E-state index in [2.05, 4.69) is 48.4 Å². The number of benzene rings is 1. The molecule has 1 aliphatic heterocycles. The summed E-state index contributed by atoms with van der Waals surface area (Å²) >= 11 is 3.42. The maximum absolute atomic E-state index is 12.6. The monoisotopic (exact) mass is 413 g/mol. The van der Waals surface area contributed by atoms with Crippen LogP contribution >= 0.6 is 15.9 Å².